The predicted octanol–water partition coefficient (Wildman–Crippen LogP) is 3.53. The Morgan fingerprint density at radius 3 is 2.61 bits per heavy atom. The predicted molar refractivity (Wildman–Crippen MR) is 87.2 cm³/mol. The first-order valence-corrected chi connectivity index (χ1v) is 7.88. The molecule has 2 bridgehead atoms. The van der Waals surface area contributed by atoms with Gasteiger partial charge in [0.1, 0.15) is 5.56 Å². The van der Waals surface area contributed by atoms with Gasteiger partial charge in [-0.25, -0.2) is 5.43 Å². The van der Waals surface area contributed by atoms with Gasteiger partial charge in [-0.05, 0) is 36.7 Å². The summed E-state index contributed by atoms with van der Waals surface area (Å²) in [5, 5.41) is 15.4. The van der Waals surface area contributed by atoms with E-state index in [4.69, 9.17) is 0 Å². The van der Waals surface area contributed by atoms with Crippen LogP contribution < -0.4 is 5.43 Å². The zero-order valence-corrected chi connectivity index (χ0v) is 13.6. The van der Waals surface area contributed by atoms with Crippen molar-refractivity contribution in [3.8, 4) is 0 Å². The number of hydrogen-bond acceptors (Lipinski definition) is 4. The second-order valence-corrected chi connectivity index (χ2v) is 7.27. The van der Waals surface area contributed by atoms with E-state index in [-0.39, 0.29) is 22.1 Å². The number of amides is 1. The Labute approximate surface area is 135 Å². The van der Waals surface area contributed by atoms with Crippen molar-refractivity contribution >= 4 is 17.3 Å². The minimum Gasteiger partial charge on any atom is -0.267 e. The monoisotopic (exact) mass is 315 g/mol. The Hall–Kier alpha value is -2.24. The third-order valence-corrected chi connectivity index (χ3v) is 6.15. The maximum atomic E-state index is 12.3. The lowest BCUT2D eigenvalue weighted by Crippen LogP contribution is -2.34. The first kappa shape index (κ1) is 15.6. The van der Waals surface area contributed by atoms with Crippen molar-refractivity contribution in [2.75, 3.05) is 0 Å². The lowest BCUT2D eigenvalue weighted by Gasteiger charge is -2.34. The molecule has 0 spiro atoms. The summed E-state index contributed by atoms with van der Waals surface area (Å²) in [4.78, 5) is 22.7. The molecule has 1 aromatic rings. The van der Waals surface area contributed by atoms with Crippen molar-refractivity contribution in [3.63, 3.8) is 0 Å². The number of nitrogens with zero attached hydrogens (tertiary/aromatic N) is 2. The molecule has 3 rings (SSSR count). The van der Waals surface area contributed by atoms with E-state index in [9.17, 15) is 14.9 Å². The molecule has 1 amide bonds. The molecular weight excluding hydrogens is 294 g/mol. The van der Waals surface area contributed by atoms with Gasteiger partial charge in [-0.2, -0.15) is 5.10 Å². The Morgan fingerprint density at radius 2 is 2.04 bits per heavy atom. The SMILES string of the molecule is CC1(C)[C@@H]2CC[C@]1(C)/C(=N\NC(=O)c1ccccc1[N+](=O)[O-])C2. The van der Waals surface area contributed by atoms with Gasteiger partial charge in [0, 0.05) is 17.2 Å². The van der Waals surface area contributed by atoms with Gasteiger partial charge in [0.25, 0.3) is 11.6 Å². The molecule has 0 radical (unpaired) electrons. The van der Waals surface area contributed by atoms with Gasteiger partial charge in [0.15, 0.2) is 0 Å². The average Bonchev–Trinajstić information content (AvgIpc) is 2.85. The van der Waals surface area contributed by atoms with Gasteiger partial charge in [0.2, 0.25) is 0 Å². The first-order valence-electron chi connectivity index (χ1n) is 7.88. The average molecular weight is 315 g/mol. The van der Waals surface area contributed by atoms with Crippen molar-refractivity contribution < 1.29 is 9.72 Å². The second kappa shape index (κ2) is 5.15. The summed E-state index contributed by atoms with van der Waals surface area (Å²) in [6.45, 7) is 6.73. The van der Waals surface area contributed by atoms with E-state index in [1.807, 2.05) is 0 Å². The van der Waals surface area contributed by atoms with E-state index in [0.29, 0.717) is 5.92 Å². The van der Waals surface area contributed by atoms with Crippen LogP contribution in [0.1, 0.15) is 50.4 Å². The van der Waals surface area contributed by atoms with Gasteiger partial charge < -0.3 is 0 Å². The molecule has 2 fully saturated rings. The lowest BCUT2D eigenvalue weighted by atomic mass is 9.70. The number of nitro benzene ring substituents is 1. The quantitative estimate of drug-likeness (QED) is 0.684. The van der Waals surface area contributed by atoms with E-state index < -0.39 is 10.8 Å². The summed E-state index contributed by atoms with van der Waals surface area (Å²) in [6.07, 6.45) is 3.16. The van der Waals surface area contributed by atoms with Crippen molar-refractivity contribution in [1.82, 2.24) is 5.43 Å². The van der Waals surface area contributed by atoms with E-state index in [1.165, 1.54) is 18.6 Å². The molecule has 2 aliphatic rings. The Kier molecular flexibility index (Phi) is 3.50. The third kappa shape index (κ3) is 2.24. The number of fused-ring (bicyclic) bond motifs is 2. The maximum Gasteiger partial charge on any atom is 0.282 e. The molecule has 2 saturated carbocycles. The fraction of sp³-hybridized carbons (Fsp3) is 0.529. The molecule has 0 heterocycles. The summed E-state index contributed by atoms with van der Waals surface area (Å²) in [7, 11) is 0. The summed E-state index contributed by atoms with van der Waals surface area (Å²) in [6, 6.07) is 5.92. The normalized spacial score (nSPS) is 29.7. The third-order valence-electron chi connectivity index (χ3n) is 6.15. The van der Waals surface area contributed by atoms with Gasteiger partial charge >= 0.3 is 0 Å². The standard InChI is InChI=1S/C17H21N3O3/c1-16(2)11-8-9-17(16,3)14(10-11)18-19-15(21)12-6-4-5-7-13(12)20(22)23/h4-7,11H,8-10H2,1-3H3,(H,19,21)/b18-14-/t11-,17-/m1/s1. The molecule has 122 valence electrons. The largest absolute Gasteiger partial charge is 0.282 e. The molecule has 0 aromatic heterocycles. The molecule has 6 nitrogen and oxygen atoms in total. The van der Waals surface area contributed by atoms with Crippen LogP contribution in [0, 0.1) is 26.9 Å². The Balaban J connectivity index is 1.82. The van der Waals surface area contributed by atoms with Crippen molar-refractivity contribution in [3.05, 3.63) is 39.9 Å². The molecule has 0 unspecified atom stereocenters. The molecule has 1 aromatic carbocycles. The number of para-hydroxylation sites is 1. The van der Waals surface area contributed by atoms with Crippen LogP contribution in [-0.4, -0.2) is 16.5 Å². The molecule has 0 saturated heterocycles. The number of rotatable bonds is 3. The van der Waals surface area contributed by atoms with Crippen molar-refractivity contribution in [2.45, 2.75) is 40.0 Å². The van der Waals surface area contributed by atoms with Crippen LogP contribution in [0.15, 0.2) is 29.4 Å². The maximum absolute atomic E-state index is 12.3. The highest BCUT2D eigenvalue weighted by atomic mass is 16.6. The number of hydrogen-bond donors (Lipinski definition) is 1. The van der Waals surface area contributed by atoms with Crippen LogP contribution in [0.25, 0.3) is 0 Å². The number of nitro groups is 1. The van der Waals surface area contributed by atoms with E-state index in [2.05, 4.69) is 31.3 Å². The van der Waals surface area contributed by atoms with E-state index in [1.54, 1.807) is 12.1 Å². The number of benzene rings is 1. The van der Waals surface area contributed by atoms with Crippen LogP contribution in [0.5, 0.6) is 0 Å². The fourth-order valence-corrected chi connectivity index (χ4v) is 4.10. The molecular formula is C17H21N3O3. The van der Waals surface area contributed by atoms with Crippen LogP contribution in [0.4, 0.5) is 5.69 Å². The van der Waals surface area contributed by atoms with Crippen LogP contribution in [0.2, 0.25) is 0 Å². The van der Waals surface area contributed by atoms with Crippen LogP contribution in [-0.2, 0) is 0 Å². The Bertz CT molecular complexity index is 711. The minimum absolute atomic E-state index is 0.00638. The highest BCUT2D eigenvalue weighted by molar-refractivity contribution is 6.00. The molecule has 2 atom stereocenters. The molecule has 6 heteroatoms. The van der Waals surface area contributed by atoms with Gasteiger partial charge in [0.05, 0.1) is 4.92 Å². The van der Waals surface area contributed by atoms with Gasteiger partial charge in [-0.3, -0.25) is 14.9 Å². The minimum atomic E-state index is -0.552. The fourth-order valence-electron chi connectivity index (χ4n) is 4.10. The molecule has 2 aliphatic carbocycles. The second-order valence-electron chi connectivity index (χ2n) is 7.27. The smallest absolute Gasteiger partial charge is 0.267 e. The van der Waals surface area contributed by atoms with E-state index in [0.717, 1.165) is 18.6 Å². The summed E-state index contributed by atoms with van der Waals surface area (Å²) >= 11 is 0. The number of carbonyl (C=O) groups excluding carboxylic acids is 1. The van der Waals surface area contributed by atoms with Crippen molar-refractivity contribution in [2.24, 2.45) is 21.8 Å². The van der Waals surface area contributed by atoms with Gasteiger partial charge in [-0.15, -0.1) is 0 Å². The van der Waals surface area contributed by atoms with Crippen LogP contribution >= 0.6 is 0 Å². The highest BCUT2D eigenvalue weighted by Gasteiger charge is 2.60. The zero-order chi connectivity index (χ0) is 16.8. The van der Waals surface area contributed by atoms with E-state index >= 15 is 0 Å². The summed E-state index contributed by atoms with van der Waals surface area (Å²) < 4.78 is 0. The highest BCUT2D eigenvalue weighted by Crippen LogP contribution is 2.63. The van der Waals surface area contributed by atoms with Gasteiger partial charge in [-0.1, -0.05) is 32.9 Å². The number of nitrogens with one attached hydrogen (secondary N) is 1. The first-order chi connectivity index (χ1) is 10.8. The van der Waals surface area contributed by atoms with Crippen LogP contribution in [0.3, 0.4) is 0 Å². The summed E-state index contributed by atoms with van der Waals surface area (Å²) in [5.41, 5.74) is 3.54. The summed E-state index contributed by atoms with van der Waals surface area (Å²) in [5.74, 6) is 0.0585. The topological polar surface area (TPSA) is 84.6 Å². The number of hydrazone groups is 1. The number of carbonyl (C=O) groups is 1. The Morgan fingerprint density at radius 1 is 1.35 bits per heavy atom. The molecule has 0 aliphatic heterocycles. The molecule has 23 heavy (non-hydrogen) atoms. The zero-order valence-electron chi connectivity index (χ0n) is 13.6. The molecule has 1 N–H and O–H groups in total. The van der Waals surface area contributed by atoms with Crippen molar-refractivity contribution in [1.29, 1.82) is 0 Å². The lowest BCUT2D eigenvalue weighted by molar-refractivity contribution is -0.385.